The molecule has 0 aromatic carbocycles. The predicted octanol–water partition coefficient (Wildman–Crippen LogP) is 3.33. The van der Waals surface area contributed by atoms with Gasteiger partial charge in [0.2, 0.25) is 0 Å². The number of rotatable bonds is 7. The number of allylic oxidation sites excluding steroid dienone is 3. The molecule has 2 atom stereocenters. The molecule has 0 spiro atoms. The molecule has 168 valence electrons. The Balaban J connectivity index is 2.64. The smallest absolute Gasteiger partial charge is 0.303 e. The van der Waals surface area contributed by atoms with E-state index in [0.29, 0.717) is 6.42 Å². The highest BCUT2D eigenvalue weighted by molar-refractivity contribution is 6.20. The Morgan fingerprint density at radius 3 is 2.52 bits per heavy atom. The number of nitrogens with zero attached hydrogens (tertiary/aromatic N) is 2. The number of carboxylic acids is 1. The maximum Gasteiger partial charge on any atom is 0.303 e. The first-order valence-corrected chi connectivity index (χ1v) is 10.8. The molecule has 0 amide bonds. The highest BCUT2D eigenvalue weighted by atomic mass is 16.4. The van der Waals surface area contributed by atoms with Crippen LogP contribution < -0.4 is 16.0 Å². The Bertz CT molecular complexity index is 1080. The third-order valence-corrected chi connectivity index (χ3v) is 5.99. The summed E-state index contributed by atoms with van der Waals surface area (Å²) in [7, 11) is 3.69. The number of aliphatic imine (C=N–C) groups is 2. The molecule has 2 heterocycles. The van der Waals surface area contributed by atoms with Crippen molar-refractivity contribution in [3.8, 4) is 0 Å². The minimum absolute atomic E-state index is 0.0626. The molecule has 2 rings (SSSR count). The second-order valence-electron chi connectivity index (χ2n) is 8.47. The largest absolute Gasteiger partial charge is 0.481 e. The standard InChI is InChI=1S/C25H36N4O2/c1-14(2)20(27-8)13-23-17(5)19(9-10-24(30)31)25(29-23)18(6)22-11-15(3)21(28-22)12-16(4)26-7/h11-13,17,19,27-28H,9-10H2,1-8H3,(H,30,31)/b21-12-,22-18-,23-13-,26-16?/t17-,19-/m0/s1. The van der Waals surface area contributed by atoms with Crippen molar-refractivity contribution in [1.82, 2.24) is 10.3 Å². The number of aliphatic carboxylic acids is 1. The Hall–Kier alpha value is -2.89. The number of aryl methyl sites for hydroxylation is 1. The molecular weight excluding hydrogens is 388 g/mol. The average molecular weight is 425 g/mol. The summed E-state index contributed by atoms with van der Waals surface area (Å²) >= 11 is 0. The van der Waals surface area contributed by atoms with E-state index in [4.69, 9.17) is 4.99 Å². The SMILES string of the molecule is CN=C(C)/C=c1\[nH]/c(=C(/C)C2=N/C(=C\C(NC)=C(C)C)[C@@H](C)[C@@H]2CCC(=O)O)cc1C. The fourth-order valence-corrected chi connectivity index (χ4v) is 3.91. The molecule has 1 aliphatic rings. The molecule has 0 aliphatic carbocycles. The Morgan fingerprint density at radius 2 is 1.97 bits per heavy atom. The van der Waals surface area contributed by atoms with Gasteiger partial charge in [-0.15, -0.1) is 0 Å². The van der Waals surface area contributed by atoms with E-state index in [1.807, 2.05) is 20.0 Å². The highest BCUT2D eigenvalue weighted by Gasteiger charge is 2.33. The molecule has 3 N–H and O–H groups in total. The van der Waals surface area contributed by atoms with Crippen LogP contribution >= 0.6 is 0 Å². The molecule has 0 saturated carbocycles. The molecule has 31 heavy (non-hydrogen) atoms. The van der Waals surface area contributed by atoms with Crippen LogP contribution in [-0.4, -0.2) is 41.6 Å². The Labute approximate surface area is 185 Å². The van der Waals surface area contributed by atoms with Gasteiger partial charge in [0.1, 0.15) is 0 Å². The second-order valence-corrected chi connectivity index (χ2v) is 8.47. The Kier molecular flexibility index (Phi) is 8.20. The number of aromatic amines is 1. The van der Waals surface area contributed by atoms with Crippen LogP contribution in [0.3, 0.4) is 0 Å². The summed E-state index contributed by atoms with van der Waals surface area (Å²) in [6, 6.07) is 2.13. The summed E-state index contributed by atoms with van der Waals surface area (Å²) in [5, 5.41) is 14.5. The van der Waals surface area contributed by atoms with Crippen molar-refractivity contribution < 1.29 is 9.90 Å². The highest BCUT2D eigenvalue weighted by Crippen LogP contribution is 2.36. The second kappa shape index (κ2) is 10.4. The third-order valence-electron chi connectivity index (χ3n) is 5.99. The quantitative estimate of drug-likeness (QED) is 0.587. The van der Waals surface area contributed by atoms with Crippen molar-refractivity contribution in [1.29, 1.82) is 0 Å². The Morgan fingerprint density at radius 1 is 1.29 bits per heavy atom. The van der Waals surface area contributed by atoms with Crippen molar-refractivity contribution in [2.24, 2.45) is 21.8 Å². The van der Waals surface area contributed by atoms with Gasteiger partial charge in [-0.2, -0.15) is 0 Å². The van der Waals surface area contributed by atoms with E-state index in [1.54, 1.807) is 7.05 Å². The summed E-state index contributed by atoms with van der Waals surface area (Å²) in [5.41, 5.74) is 7.33. The summed E-state index contributed by atoms with van der Waals surface area (Å²) in [4.78, 5) is 24.0. The van der Waals surface area contributed by atoms with E-state index in [2.05, 4.69) is 62.1 Å². The van der Waals surface area contributed by atoms with Crippen LogP contribution in [0.2, 0.25) is 0 Å². The van der Waals surface area contributed by atoms with Gasteiger partial charge >= 0.3 is 5.97 Å². The number of carboxylic acid groups (broad SMARTS) is 1. The molecule has 0 saturated heterocycles. The minimum atomic E-state index is -0.774. The average Bonchev–Trinajstić information content (AvgIpc) is 3.23. The number of hydrogen-bond donors (Lipinski definition) is 3. The van der Waals surface area contributed by atoms with Gasteiger partial charge in [0.25, 0.3) is 0 Å². The van der Waals surface area contributed by atoms with Crippen LogP contribution in [0.4, 0.5) is 0 Å². The van der Waals surface area contributed by atoms with Gasteiger partial charge in [-0.3, -0.25) is 14.8 Å². The van der Waals surface area contributed by atoms with Crippen LogP contribution in [0.15, 0.2) is 39.1 Å². The topological polar surface area (TPSA) is 89.8 Å². The number of H-pyrrole nitrogens is 1. The van der Waals surface area contributed by atoms with Crippen molar-refractivity contribution in [2.75, 3.05) is 14.1 Å². The number of carbonyl (C=O) groups is 1. The molecule has 1 aromatic rings. The normalized spacial score (nSPS) is 21.9. The van der Waals surface area contributed by atoms with Gasteiger partial charge in [0.05, 0.1) is 0 Å². The van der Waals surface area contributed by atoms with Crippen LogP contribution in [0.5, 0.6) is 0 Å². The lowest BCUT2D eigenvalue weighted by Crippen LogP contribution is -2.23. The van der Waals surface area contributed by atoms with Gasteiger partial charge in [0, 0.05) is 65.9 Å². The summed E-state index contributed by atoms with van der Waals surface area (Å²) < 4.78 is 0. The molecule has 0 radical (unpaired) electrons. The molecule has 0 unspecified atom stereocenters. The monoisotopic (exact) mass is 424 g/mol. The van der Waals surface area contributed by atoms with E-state index in [1.165, 1.54) is 5.57 Å². The van der Waals surface area contributed by atoms with E-state index < -0.39 is 5.97 Å². The predicted molar refractivity (Wildman–Crippen MR) is 130 cm³/mol. The maximum absolute atomic E-state index is 11.3. The molecule has 0 fully saturated rings. The zero-order chi connectivity index (χ0) is 23.3. The van der Waals surface area contributed by atoms with Crippen molar-refractivity contribution >= 4 is 29.0 Å². The van der Waals surface area contributed by atoms with E-state index in [-0.39, 0.29) is 18.3 Å². The van der Waals surface area contributed by atoms with Gasteiger partial charge in [-0.1, -0.05) is 12.5 Å². The number of nitrogens with one attached hydrogen (secondary N) is 2. The van der Waals surface area contributed by atoms with E-state index >= 15 is 0 Å². The van der Waals surface area contributed by atoms with Gasteiger partial charge < -0.3 is 15.4 Å². The molecule has 0 bridgehead atoms. The fraction of sp³-hybridized carbons (Fsp3) is 0.480. The van der Waals surface area contributed by atoms with Crippen LogP contribution in [0, 0.1) is 18.8 Å². The zero-order valence-electron chi connectivity index (χ0n) is 20.1. The van der Waals surface area contributed by atoms with Gasteiger partial charge in [-0.25, -0.2) is 0 Å². The first-order chi connectivity index (χ1) is 14.6. The molecule has 6 nitrogen and oxygen atoms in total. The summed E-state index contributed by atoms with van der Waals surface area (Å²) in [6.45, 7) is 12.4. The van der Waals surface area contributed by atoms with Crippen molar-refractivity contribution in [3.63, 3.8) is 0 Å². The van der Waals surface area contributed by atoms with Gasteiger partial charge in [-0.05, 0) is 70.4 Å². The van der Waals surface area contributed by atoms with E-state index in [9.17, 15) is 9.90 Å². The lowest BCUT2D eigenvalue weighted by atomic mass is 9.84. The van der Waals surface area contributed by atoms with Gasteiger partial charge in [0.15, 0.2) is 0 Å². The fourth-order valence-electron chi connectivity index (χ4n) is 3.91. The van der Waals surface area contributed by atoms with E-state index in [0.717, 1.165) is 44.7 Å². The molecule has 6 heteroatoms. The van der Waals surface area contributed by atoms with Crippen molar-refractivity contribution in [2.45, 2.75) is 54.4 Å². The summed E-state index contributed by atoms with van der Waals surface area (Å²) in [5.74, 6) is -0.570. The van der Waals surface area contributed by atoms with Crippen molar-refractivity contribution in [3.05, 3.63) is 45.4 Å². The van der Waals surface area contributed by atoms with Crippen LogP contribution in [0.25, 0.3) is 11.6 Å². The third kappa shape index (κ3) is 5.84. The lowest BCUT2D eigenvalue weighted by molar-refractivity contribution is -0.137. The number of aromatic nitrogens is 1. The number of hydrogen-bond acceptors (Lipinski definition) is 4. The molecule has 1 aromatic heterocycles. The maximum atomic E-state index is 11.3. The van der Waals surface area contributed by atoms with Crippen LogP contribution in [0.1, 0.15) is 53.0 Å². The molecular formula is C25H36N4O2. The first kappa shape index (κ1) is 24.4. The summed E-state index contributed by atoms with van der Waals surface area (Å²) in [6.07, 6.45) is 4.82. The number of likely N-dealkylation sites (N-methyl/N-ethyl adjacent to an activating group) is 1. The minimum Gasteiger partial charge on any atom is -0.481 e. The first-order valence-electron chi connectivity index (χ1n) is 10.8. The molecule has 1 aliphatic heterocycles. The zero-order valence-corrected chi connectivity index (χ0v) is 20.1. The van der Waals surface area contributed by atoms with Crippen LogP contribution in [-0.2, 0) is 4.79 Å². The lowest BCUT2D eigenvalue weighted by Gasteiger charge is -2.18.